The third kappa shape index (κ3) is 3.71. The lowest BCUT2D eigenvalue weighted by Gasteiger charge is -2.05. The van der Waals surface area contributed by atoms with Crippen LogP contribution in [-0.4, -0.2) is 18.6 Å². The van der Waals surface area contributed by atoms with Crippen LogP contribution in [0.1, 0.15) is 11.3 Å². The Morgan fingerprint density at radius 3 is 2.42 bits per heavy atom. The van der Waals surface area contributed by atoms with Crippen molar-refractivity contribution in [1.29, 1.82) is 5.26 Å². The Bertz CT molecular complexity index is 1080. The summed E-state index contributed by atoms with van der Waals surface area (Å²) in [7, 11) is -3.92. The summed E-state index contributed by atoms with van der Waals surface area (Å²) < 4.78 is 64.9. The summed E-state index contributed by atoms with van der Waals surface area (Å²) in [6.45, 7) is 0. The van der Waals surface area contributed by atoms with Gasteiger partial charge in [0, 0.05) is 5.69 Å². The summed E-state index contributed by atoms with van der Waals surface area (Å²) in [6, 6.07) is 11.2. The number of halogens is 3. The first-order valence-corrected chi connectivity index (χ1v) is 9.25. The Morgan fingerprint density at radius 2 is 1.85 bits per heavy atom. The lowest BCUT2D eigenvalue weighted by molar-refractivity contribution is -0.141. The molecule has 0 aliphatic carbocycles. The van der Waals surface area contributed by atoms with Gasteiger partial charge in [-0.05, 0) is 42.5 Å². The molecular weight excluding hydrogens is 389 g/mol. The highest BCUT2D eigenvalue weighted by Gasteiger charge is 2.33. The highest BCUT2D eigenvalue weighted by molar-refractivity contribution is 7.94. The van der Waals surface area contributed by atoms with Crippen molar-refractivity contribution in [1.82, 2.24) is 10.2 Å². The van der Waals surface area contributed by atoms with Gasteiger partial charge in [0.1, 0.15) is 15.6 Å². The van der Waals surface area contributed by atoms with E-state index in [4.69, 9.17) is 5.26 Å². The first-order chi connectivity index (χ1) is 12.2. The van der Waals surface area contributed by atoms with Gasteiger partial charge in [0.2, 0.25) is 0 Å². The number of hydrogen-bond donors (Lipinski definition) is 2. The quantitative estimate of drug-likeness (QED) is 0.698. The van der Waals surface area contributed by atoms with E-state index < -0.39 is 21.9 Å². The highest BCUT2D eigenvalue weighted by Crippen LogP contribution is 2.34. The van der Waals surface area contributed by atoms with Gasteiger partial charge in [-0.2, -0.15) is 23.5 Å². The number of thiophene rings is 1. The third-order valence-electron chi connectivity index (χ3n) is 3.25. The minimum Gasteiger partial charge on any atom is -0.279 e. The number of aromatic nitrogens is 2. The smallest absolute Gasteiger partial charge is 0.279 e. The fourth-order valence-electron chi connectivity index (χ4n) is 2.01. The second-order valence-corrected chi connectivity index (χ2v) is 8.07. The van der Waals surface area contributed by atoms with Crippen LogP contribution in [0.4, 0.5) is 18.9 Å². The summed E-state index contributed by atoms with van der Waals surface area (Å²) in [4.78, 5) is 0.275. The number of alkyl halides is 3. The second kappa shape index (κ2) is 6.47. The molecule has 26 heavy (non-hydrogen) atoms. The van der Waals surface area contributed by atoms with Crippen molar-refractivity contribution < 1.29 is 21.6 Å². The predicted molar refractivity (Wildman–Crippen MR) is 88.9 cm³/mol. The summed E-state index contributed by atoms with van der Waals surface area (Å²) in [5.41, 5.74) is -0.369. The van der Waals surface area contributed by atoms with Crippen LogP contribution in [0, 0.1) is 11.3 Å². The van der Waals surface area contributed by atoms with Gasteiger partial charge in [0.25, 0.3) is 10.0 Å². The molecule has 0 saturated heterocycles. The van der Waals surface area contributed by atoms with Crippen molar-refractivity contribution in [3.8, 4) is 16.6 Å². The van der Waals surface area contributed by atoms with Crippen molar-refractivity contribution in [2.24, 2.45) is 0 Å². The zero-order chi connectivity index (χ0) is 18.9. The van der Waals surface area contributed by atoms with E-state index in [2.05, 4.69) is 9.82 Å². The molecule has 0 fully saturated rings. The Labute approximate surface area is 150 Å². The summed E-state index contributed by atoms with van der Waals surface area (Å²) in [6.07, 6.45) is -4.56. The fourth-order valence-corrected chi connectivity index (χ4v) is 4.34. The van der Waals surface area contributed by atoms with Crippen LogP contribution in [0.15, 0.2) is 46.7 Å². The number of nitriles is 1. The lowest BCUT2D eigenvalue weighted by atomic mass is 10.2. The molecule has 3 rings (SSSR count). The minimum atomic E-state index is -4.56. The molecule has 0 bridgehead atoms. The van der Waals surface area contributed by atoms with E-state index in [9.17, 15) is 21.6 Å². The van der Waals surface area contributed by atoms with Crippen molar-refractivity contribution in [3.63, 3.8) is 0 Å². The largest absolute Gasteiger partial charge is 0.432 e. The van der Waals surface area contributed by atoms with Crippen LogP contribution in [-0.2, 0) is 16.2 Å². The maximum Gasteiger partial charge on any atom is 0.432 e. The SMILES string of the molecule is N#Cc1ccc(NS(=O)(=O)c2ccc(-c3cc(C(F)(F)F)[nH]n3)s2)cc1. The monoisotopic (exact) mass is 398 g/mol. The predicted octanol–water partition coefficient (Wildman–Crippen LogP) is 3.83. The molecule has 0 spiro atoms. The molecule has 0 radical (unpaired) electrons. The number of nitrogens with zero attached hydrogens (tertiary/aromatic N) is 2. The van der Waals surface area contributed by atoms with E-state index in [-0.39, 0.29) is 20.5 Å². The number of sulfonamides is 1. The molecule has 0 aliphatic rings. The van der Waals surface area contributed by atoms with Crippen LogP contribution in [0.5, 0.6) is 0 Å². The molecule has 0 aliphatic heterocycles. The van der Waals surface area contributed by atoms with Gasteiger partial charge in [-0.1, -0.05) is 0 Å². The first-order valence-electron chi connectivity index (χ1n) is 6.95. The molecule has 134 valence electrons. The molecule has 2 heterocycles. The summed E-state index contributed by atoms with van der Waals surface area (Å²) in [5.74, 6) is 0. The molecule has 0 unspecified atom stereocenters. The first kappa shape index (κ1) is 18.0. The zero-order valence-corrected chi connectivity index (χ0v) is 14.3. The van der Waals surface area contributed by atoms with Gasteiger partial charge in [-0.3, -0.25) is 9.82 Å². The molecule has 0 amide bonds. The molecule has 2 aromatic heterocycles. The average Bonchev–Trinajstić information content (AvgIpc) is 3.24. The van der Waals surface area contributed by atoms with Gasteiger partial charge in [-0.25, -0.2) is 8.42 Å². The van der Waals surface area contributed by atoms with Crippen LogP contribution in [0.3, 0.4) is 0 Å². The molecule has 2 N–H and O–H groups in total. The number of H-pyrrole nitrogens is 1. The van der Waals surface area contributed by atoms with Crippen LogP contribution < -0.4 is 4.72 Å². The van der Waals surface area contributed by atoms with E-state index in [1.54, 1.807) is 0 Å². The van der Waals surface area contributed by atoms with Crippen molar-refractivity contribution in [2.45, 2.75) is 10.4 Å². The number of nitrogens with one attached hydrogen (secondary N) is 2. The Hall–Kier alpha value is -2.84. The number of rotatable bonds is 4. The number of hydrogen-bond acceptors (Lipinski definition) is 5. The fraction of sp³-hybridized carbons (Fsp3) is 0.0667. The van der Waals surface area contributed by atoms with E-state index in [1.165, 1.54) is 36.4 Å². The van der Waals surface area contributed by atoms with Crippen LogP contribution >= 0.6 is 11.3 Å². The van der Waals surface area contributed by atoms with E-state index in [0.29, 0.717) is 5.56 Å². The molecule has 0 saturated carbocycles. The van der Waals surface area contributed by atoms with Crippen LogP contribution in [0.2, 0.25) is 0 Å². The second-order valence-electron chi connectivity index (χ2n) is 5.08. The molecule has 1 aromatic carbocycles. The Balaban J connectivity index is 1.83. The van der Waals surface area contributed by atoms with Crippen molar-refractivity contribution >= 4 is 27.0 Å². The topological polar surface area (TPSA) is 98.6 Å². The van der Waals surface area contributed by atoms with Gasteiger partial charge in [0.05, 0.1) is 16.5 Å². The summed E-state index contributed by atoms with van der Waals surface area (Å²) in [5, 5.41) is 14.2. The number of benzene rings is 1. The van der Waals surface area contributed by atoms with Gasteiger partial charge in [-0.15, -0.1) is 11.3 Å². The molecule has 3 aromatic rings. The van der Waals surface area contributed by atoms with Gasteiger partial charge in [0.15, 0.2) is 0 Å². The van der Waals surface area contributed by atoms with Crippen molar-refractivity contribution in [3.05, 3.63) is 53.7 Å². The van der Waals surface area contributed by atoms with E-state index in [0.717, 1.165) is 17.4 Å². The third-order valence-corrected chi connectivity index (χ3v) is 6.23. The normalized spacial score (nSPS) is 11.9. The zero-order valence-electron chi connectivity index (χ0n) is 12.7. The molecular formula is C15H9F3N4O2S2. The minimum absolute atomic E-state index is 0.00199. The number of aromatic amines is 1. The molecule has 11 heteroatoms. The maximum atomic E-state index is 12.6. The summed E-state index contributed by atoms with van der Waals surface area (Å²) >= 11 is 0.791. The number of anilines is 1. The molecule has 0 atom stereocenters. The van der Waals surface area contributed by atoms with E-state index >= 15 is 0 Å². The highest BCUT2D eigenvalue weighted by atomic mass is 32.2. The van der Waals surface area contributed by atoms with Gasteiger partial charge >= 0.3 is 6.18 Å². The van der Waals surface area contributed by atoms with Crippen LogP contribution in [0.25, 0.3) is 10.6 Å². The Morgan fingerprint density at radius 1 is 1.15 bits per heavy atom. The maximum absolute atomic E-state index is 12.6. The van der Waals surface area contributed by atoms with E-state index in [1.807, 2.05) is 11.2 Å². The van der Waals surface area contributed by atoms with Crippen molar-refractivity contribution in [2.75, 3.05) is 4.72 Å². The molecule has 6 nitrogen and oxygen atoms in total. The van der Waals surface area contributed by atoms with Gasteiger partial charge < -0.3 is 0 Å². The lowest BCUT2D eigenvalue weighted by Crippen LogP contribution is -2.11. The Kier molecular flexibility index (Phi) is 4.47. The average molecular weight is 398 g/mol. The standard InChI is InChI=1S/C15H9F3N4O2S2/c16-15(17,18)13-7-11(20-21-13)12-5-6-14(25-12)26(23,24)22-10-3-1-9(8-19)2-4-10/h1-7,22H,(H,20,21).